The van der Waals surface area contributed by atoms with E-state index in [1.54, 1.807) is 6.07 Å². The first-order valence-electron chi connectivity index (χ1n) is 8.06. The zero-order valence-electron chi connectivity index (χ0n) is 14.0. The highest BCUT2D eigenvalue weighted by Gasteiger charge is 2.25. The van der Waals surface area contributed by atoms with Gasteiger partial charge < -0.3 is 10.2 Å². The fourth-order valence-corrected chi connectivity index (χ4v) is 2.88. The molecule has 2 rings (SSSR count). The third-order valence-electron chi connectivity index (χ3n) is 4.26. The first-order valence-corrected chi connectivity index (χ1v) is 8.06. The normalized spacial score (nSPS) is 23.4. The summed E-state index contributed by atoms with van der Waals surface area (Å²) in [5, 5.41) is 3.40. The molecule has 0 spiro atoms. The van der Waals surface area contributed by atoms with Crippen LogP contribution < -0.4 is 10.2 Å². The topological polar surface area (TPSA) is 15.3 Å². The lowest BCUT2D eigenvalue weighted by molar-refractivity contribution is 0.386. The van der Waals surface area contributed by atoms with Crippen LogP contribution >= 0.6 is 0 Å². The molecule has 1 heterocycles. The minimum atomic E-state index is -0.0934. The van der Waals surface area contributed by atoms with Gasteiger partial charge in [-0.25, -0.2) is 4.39 Å². The summed E-state index contributed by atoms with van der Waals surface area (Å²) >= 11 is 0. The van der Waals surface area contributed by atoms with Crippen LogP contribution in [0.1, 0.15) is 53.0 Å². The predicted octanol–water partition coefficient (Wildman–Crippen LogP) is 4.34. The molecule has 0 bridgehead atoms. The van der Waals surface area contributed by atoms with Crippen molar-refractivity contribution in [2.75, 3.05) is 11.4 Å². The summed E-state index contributed by atoms with van der Waals surface area (Å²) in [6.07, 6.45) is 2.39. The van der Waals surface area contributed by atoms with E-state index < -0.39 is 0 Å². The Morgan fingerprint density at radius 3 is 2.57 bits per heavy atom. The Kier molecular flexibility index (Phi) is 4.92. The number of nitrogens with zero attached hydrogens (tertiary/aromatic N) is 1. The molecule has 1 aromatic rings. The van der Waals surface area contributed by atoms with Crippen molar-refractivity contribution < 1.29 is 4.39 Å². The van der Waals surface area contributed by atoms with Gasteiger partial charge in [0, 0.05) is 24.7 Å². The number of hydrogen-bond donors (Lipinski definition) is 1. The predicted molar refractivity (Wildman–Crippen MR) is 88.2 cm³/mol. The van der Waals surface area contributed by atoms with Crippen LogP contribution in [0.5, 0.6) is 0 Å². The van der Waals surface area contributed by atoms with Gasteiger partial charge in [-0.15, -0.1) is 0 Å². The standard InChI is InChI=1S/C18H29FN2/c1-13-6-7-14(2)21(12-13)17-9-8-15(10-16(17)19)11-20-18(3,4)5/h8-10,13-14,20H,6-7,11-12H2,1-5H3. The molecule has 1 aliphatic heterocycles. The van der Waals surface area contributed by atoms with Crippen molar-refractivity contribution in [3.8, 4) is 0 Å². The van der Waals surface area contributed by atoms with Gasteiger partial charge in [-0.05, 0) is 64.2 Å². The lowest BCUT2D eigenvalue weighted by Crippen LogP contribution is -2.41. The molecule has 0 aromatic heterocycles. The number of rotatable bonds is 3. The fraction of sp³-hybridized carbons (Fsp3) is 0.667. The van der Waals surface area contributed by atoms with Gasteiger partial charge in [-0.2, -0.15) is 0 Å². The zero-order valence-corrected chi connectivity index (χ0v) is 14.0. The lowest BCUT2D eigenvalue weighted by atomic mass is 9.94. The molecule has 0 aliphatic carbocycles. The summed E-state index contributed by atoms with van der Waals surface area (Å²) in [7, 11) is 0. The van der Waals surface area contributed by atoms with E-state index in [1.165, 1.54) is 6.42 Å². The Morgan fingerprint density at radius 2 is 1.95 bits per heavy atom. The van der Waals surface area contributed by atoms with Crippen LogP contribution in [0.4, 0.5) is 10.1 Å². The summed E-state index contributed by atoms with van der Waals surface area (Å²) in [6.45, 7) is 12.5. The van der Waals surface area contributed by atoms with E-state index >= 15 is 0 Å². The lowest BCUT2D eigenvalue weighted by Gasteiger charge is -2.38. The highest BCUT2D eigenvalue weighted by molar-refractivity contribution is 5.50. The summed E-state index contributed by atoms with van der Waals surface area (Å²) in [6, 6.07) is 6.10. The van der Waals surface area contributed by atoms with Gasteiger partial charge in [0.2, 0.25) is 0 Å². The van der Waals surface area contributed by atoms with Crippen LogP contribution in [0.3, 0.4) is 0 Å². The molecule has 1 fully saturated rings. The molecular weight excluding hydrogens is 263 g/mol. The van der Waals surface area contributed by atoms with Gasteiger partial charge in [0.15, 0.2) is 0 Å². The van der Waals surface area contributed by atoms with Gasteiger partial charge >= 0.3 is 0 Å². The molecule has 1 aromatic carbocycles. The van der Waals surface area contributed by atoms with Crippen LogP contribution in [0.25, 0.3) is 0 Å². The maximum Gasteiger partial charge on any atom is 0.146 e. The number of halogens is 1. The highest BCUT2D eigenvalue weighted by atomic mass is 19.1. The van der Waals surface area contributed by atoms with E-state index in [-0.39, 0.29) is 11.4 Å². The van der Waals surface area contributed by atoms with E-state index in [0.29, 0.717) is 18.5 Å². The second kappa shape index (κ2) is 6.35. The molecule has 3 heteroatoms. The van der Waals surface area contributed by atoms with Crippen molar-refractivity contribution in [1.29, 1.82) is 0 Å². The molecule has 1 saturated heterocycles. The zero-order chi connectivity index (χ0) is 15.6. The van der Waals surface area contributed by atoms with Crippen molar-refractivity contribution in [2.45, 2.75) is 65.6 Å². The van der Waals surface area contributed by atoms with Crippen molar-refractivity contribution in [3.63, 3.8) is 0 Å². The van der Waals surface area contributed by atoms with E-state index in [2.05, 4.69) is 44.8 Å². The average molecular weight is 292 g/mol. The highest BCUT2D eigenvalue weighted by Crippen LogP contribution is 2.29. The summed E-state index contributed by atoms with van der Waals surface area (Å²) in [5.74, 6) is 0.548. The van der Waals surface area contributed by atoms with Crippen LogP contribution in [-0.2, 0) is 6.54 Å². The Bertz CT molecular complexity index is 479. The molecule has 1 aliphatic rings. The summed E-state index contributed by atoms with van der Waals surface area (Å²) in [5.41, 5.74) is 1.81. The third kappa shape index (κ3) is 4.44. The maximum atomic E-state index is 14.5. The van der Waals surface area contributed by atoms with Crippen LogP contribution in [0.2, 0.25) is 0 Å². The summed E-state index contributed by atoms with van der Waals surface area (Å²) < 4.78 is 14.5. The van der Waals surface area contributed by atoms with E-state index in [9.17, 15) is 4.39 Å². The molecule has 0 saturated carbocycles. The van der Waals surface area contributed by atoms with Crippen LogP contribution in [-0.4, -0.2) is 18.1 Å². The maximum absolute atomic E-state index is 14.5. The number of nitrogens with one attached hydrogen (secondary N) is 1. The van der Waals surface area contributed by atoms with Crippen LogP contribution in [0, 0.1) is 11.7 Å². The van der Waals surface area contributed by atoms with E-state index in [1.807, 2.05) is 12.1 Å². The first-order chi connectivity index (χ1) is 9.76. The van der Waals surface area contributed by atoms with Gasteiger partial charge in [-0.1, -0.05) is 13.0 Å². The first kappa shape index (κ1) is 16.3. The fourth-order valence-electron chi connectivity index (χ4n) is 2.88. The second-order valence-electron chi connectivity index (χ2n) is 7.57. The molecule has 2 atom stereocenters. The quantitative estimate of drug-likeness (QED) is 0.891. The molecular formula is C18H29FN2. The Balaban J connectivity index is 2.11. The molecule has 118 valence electrons. The number of anilines is 1. The molecule has 0 amide bonds. The van der Waals surface area contributed by atoms with E-state index in [0.717, 1.165) is 24.2 Å². The van der Waals surface area contributed by atoms with Crippen molar-refractivity contribution >= 4 is 5.69 Å². The molecule has 0 radical (unpaired) electrons. The number of piperidine rings is 1. The van der Waals surface area contributed by atoms with Gasteiger partial charge in [-0.3, -0.25) is 0 Å². The van der Waals surface area contributed by atoms with Gasteiger partial charge in [0.25, 0.3) is 0 Å². The Hall–Kier alpha value is -1.09. The molecule has 1 N–H and O–H groups in total. The van der Waals surface area contributed by atoms with Crippen molar-refractivity contribution in [2.24, 2.45) is 5.92 Å². The largest absolute Gasteiger partial charge is 0.366 e. The van der Waals surface area contributed by atoms with E-state index in [4.69, 9.17) is 0 Å². The SMILES string of the molecule is CC1CCC(C)N(c2ccc(CNC(C)(C)C)cc2F)C1. The average Bonchev–Trinajstić information content (AvgIpc) is 2.39. The van der Waals surface area contributed by atoms with Crippen molar-refractivity contribution in [3.05, 3.63) is 29.6 Å². The Morgan fingerprint density at radius 1 is 1.24 bits per heavy atom. The molecule has 2 nitrogen and oxygen atoms in total. The molecule has 21 heavy (non-hydrogen) atoms. The smallest absolute Gasteiger partial charge is 0.146 e. The molecule has 2 unspecified atom stereocenters. The van der Waals surface area contributed by atoms with Gasteiger partial charge in [0.1, 0.15) is 5.82 Å². The number of hydrogen-bond acceptors (Lipinski definition) is 2. The Labute approximate surface area is 128 Å². The minimum absolute atomic E-state index is 0.0476. The van der Waals surface area contributed by atoms with Gasteiger partial charge in [0.05, 0.1) is 5.69 Å². The second-order valence-corrected chi connectivity index (χ2v) is 7.57. The van der Waals surface area contributed by atoms with Crippen molar-refractivity contribution in [1.82, 2.24) is 5.32 Å². The third-order valence-corrected chi connectivity index (χ3v) is 4.26. The monoisotopic (exact) mass is 292 g/mol. The van der Waals surface area contributed by atoms with Crippen LogP contribution in [0.15, 0.2) is 18.2 Å². The summed E-state index contributed by atoms with van der Waals surface area (Å²) in [4.78, 5) is 2.23. The minimum Gasteiger partial charge on any atom is -0.366 e. The number of benzene rings is 1.